The fourth-order valence-corrected chi connectivity index (χ4v) is 5.56. The van der Waals surface area contributed by atoms with Gasteiger partial charge in [-0.3, -0.25) is 0 Å². The van der Waals surface area contributed by atoms with Crippen molar-refractivity contribution in [3.05, 3.63) is 70.0 Å². The van der Waals surface area contributed by atoms with Gasteiger partial charge in [0.15, 0.2) is 0 Å². The Morgan fingerprint density at radius 2 is 1.61 bits per heavy atom. The highest BCUT2D eigenvalue weighted by atomic mass is 32.2. The number of rotatable bonds is 9. The average Bonchev–Trinajstić information content (AvgIpc) is 2.89. The number of piperidine rings is 1. The maximum atomic E-state index is 13.8. The van der Waals surface area contributed by atoms with Gasteiger partial charge in [0.1, 0.15) is 21.8 Å². The van der Waals surface area contributed by atoms with Crippen LogP contribution < -0.4 is 10.6 Å². The molecule has 0 aliphatic carbocycles. The van der Waals surface area contributed by atoms with Crippen LogP contribution in [0.15, 0.2) is 36.4 Å². The number of benzene rings is 2. The monoisotopic (exact) mass is 655 g/mol. The number of halogens is 7. The molecule has 0 unspecified atom stereocenters. The molecule has 2 N–H and O–H groups in total. The van der Waals surface area contributed by atoms with Gasteiger partial charge >= 0.3 is 24.5 Å². The standard InChI is InChI=1S/C28H32F7N3O5S/c1-17-12-21(29)4-5-23(17)24-16-22(43-26(40)37-8-3-11-44(2,41)42)7-10-38(24)25(39)36-9-6-18-13-19(27(30,31)32)15-20(14-18)28(33,34)35/h4-5,12-15,22,24H,3,6-11,16H2,1-2H3,(H,36,39)(H,37,40)/t22-,24+/m0/s1. The minimum absolute atomic E-state index is 0.0276. The Labute approximate surface area is 249 Å². The van der Waals surface area contributed by atoms with Crippen LogP contribution in [0.5, 0.6) is 0 Å². The van der Waals surface area contributed by atoms with Crippen LogP contribution >= 0.6 is 0 Å². The molecule has 1 heterocycles. The summed E-state index contributed by atoms with van der Waals surface area (Å²) in [6.45, 7) is 1.46. The number of aryl methyl sites for hydroxylation is 1. The van der Waals surface area contributed by atoms with Crippen LogP contribution in [-0.4, -0.2) is 63.2 Å². The highest BCUT2D eigenvalue weighted by Crippen LogP contribution is 2.37. The molecule has 2 aromatic rings. The molecule has 2 aromatic carbocycles. The zero-order chi connectivity index (χ0) is 32.9. The van der Waals surface area contributed by atoms with E-state index in [9.17, 15) is 48.7 Å². The van der Waals surface area contributed by atoms with E-state index in [1.54, 1.807) is 6.92 Å². The Balaban J connectivity index is 1.69. The quantitative estimate of drug-likeness (QED) is 0.263. The molecule has 1 fully saturated rings. The van der Waals surface area contributed by atoms with Gasteiger partial charge in [-0.2, -0.15) is 26.3 Å². The van der Waals surface area contributed by atoms with Gasteiger partial charge in [0, 0.05) is 38.7 Å². The number of ether oxygens (including phenoxy) is 1. The van der Waals surface area contributed by atoms with Crippen LogP contribution in [0.1, 0.15) is 53.1 Å². The fraction of sp³-hybridized carbons (Fsp3) is 0.500. The lowest BCUT2D eigenvalue weighted by Gasteiger charge is -2.40. The SMILES string of the molecule is Cc1cc(F)ccc1[C@H]1C[C@@H](OC(=O)NCCCS(C)(=O)=O)CCN1C(=O)NCCc1cc(C(F)(F)F)cc(C(F)(F)F)c1. The number of alkyl carbamates (subject to hydrolysis) is 1. The van der Waals surface area contributed by atoms with Gasteiger partial charge < -0.3 is 20.3 Å². The molecule has 3 amide bonds. The van der Waals surface area contributed by atoms with Crippen molar-refractivity contribution in [1.82, 2.24) is 15.5 Å². The second kappa shape index (κ2) is 14.0. The van der Waals surface area contributed by atoms with Crippen molar-refractivity contribution < 1.29 is 53.5 Å². The van der Waals surface area contributed by atoms with Crippen molar-refractivity contribution in [2.45, 2.75) is 57.1 Å². The first kappa shape index (κ1) is 34.9. The van der Waals surface area contributed by atoms with Crippen molar-refractivity contribution in [1.29, 1.82) is 0 Å². The number of hydrogen-bond acceptors (Lipinski definition) is 5. The number of nitrogens with zero attached hydrogens (tertiary/aromatic N) is 1. The zero-order valence-electron chi connectivity index (χ0n) is 23.8. The van der Waals surface area contributed by atoms with Crippen LogP contribution in [0, 0.1) is 12.7 Å². The summed E-state index contributed by atoms with van der Waals surface area (Å²) in [4.78, 5) is 26.9. The minimum Gasteiger partial charge on any atom is -0.446 e. The summed E-state index contributed by atoms with van der Waals surface area (Å²) >= 11 is 0. The molecule has 0 saturated carbocycles. The van der Waals surface area contributed by atoms with Gasteiger partial charge in [0.2, 0.25) is 0 Å². The van der Waals surface area contributed by atoms with Gasteiger partial charge in [-0.15, -0.1) is 0 Å². The second-order valence-corrected chi connectivity index (χ2v) is 12.8. The summed E-state index contributed by atoms with van der Waals surface area (Å²) in [5.74, 6) is -0.636. The van der Waals surface area contributed by atoms with Crippen molar-refractivity contribution in [2.24, 2.45) is 0 Å². The van der Waals surface area contributed by atoms with Crippen LogP contribution in [0.2, 0.25) is 0 Å². The van der Waals surface area contributed by atoms with Gasteiger partial charge in [-0.1, -0.05) is 6.07 Å². The highest BCUT2D eigenvalue weighted by molar-refractivity contribution is 7.90. The number of sulfone groups is 1. The minimum atomic E-state index is -5.00. The molecule has 0 radical (unpaired) electrons. The van der Waals surface area contributed by atoms with Crippen molar-refractivity contribution in [2.75, 3.05) is 31.6 Å². The number of carbonyl (C=O) groups excluding carboxylic acids is 2. The third-order valence-electron chi connectivity index (χ3n) is 6.98. The van der Waals surface area contributed by atoms with Crippen molar-refractivity contribution in [3.63, 3.8) is 0 Å². The van der Waals surface area contributed by atoms with E-state index in [1.807, 2.05) is 0 Å². The predicted octanol–water partition coefficient (Wildman–Crippen LogP) is 5.79. The van der Waals surface area contributed by atoms with E-state index in [2.05, 4.69) is 10.6 Å². The lowest BCUT2D eigenvalue weighted by Crippen LogP contribution is -2.49. The molecule has 1 saturated heterocycles. The van der Waals surface area contributed by atoms with E-state index >= 15 is 0 Å². The third kappa shape index (κ3) is 10.3. The first-order valence-corrected chi connectivity index (χ1v) is 15.6. The van der Waals surface area contributed by atoms with E-state index in [1.165, 1.54) is 23.1 Å². The Bertz CT molecular complexity index is 1420. The number of alkyl halides is 6. The molecule has 8 nitrogen and oxygen atoms in total. The molecular formula is C28H32F7N3O5S. The molecular weight excluding hydrogens is 623 g/mol. The number of carbonyl (C=O) groups is 2. The van der Waals surface area contributed by atoms with Crippen LogP contribution in [0.3, 0.4) is 0 Å². The zero-order valence-corrected chi connectivity index (χ0v) is 24.6. The van der Waals surface area contributed by atoms with E-state index in [4.69, 9.17) is 4.74 Å². The van der Waals surface area contributed by atoms with E-state index < -0.39 is 63.4 Å². The first-order chi connectivity index (χ1) is 20.3. The molecule has 0 bridgehead atoms. The van der Waals surface area contributed by atoms with E-state index in [0.717, 1.165) is 6.26 Å². The number of nitrogens with one attached hydrogen (secondary N) is 2. The predicted molar refractivity (Wildman–Crippen MR) is 146 cm³/mol. The Kier molecular flexibility index (Phi) is 11.1. The topological polar surface area (TPSA) is 105 Å². The summed E-state index contributed by atoms with van der Waals surface area (Å²) in [6, 6.07) is 3.79. The van der Waals surface area contributed by atoms with Gasteiger partial charge in [0.25, 0.3) is 0 Å². The van der Waals surface area contributed by atoms with Crippen molar-refractivity contribution in [3.8, 4) is 0 Å². The van der Waals surface area contributed by atoms with E-state index in [-0.39, 0.29) is 62.7 Å². The Hall–Kier alpha value is -3.56. The molecule has 16 heteroatoms. The molecule has 1 aliphatic heterocycles. The molecule has 1 aliphatic rings. The summed E-state index contributed by atoms with van der Waals surface area (Å²) in [5, 5.41) is 5.00. The largest absolute Gasteiger partial charge is 0.446 e. The Morgan fingerprint density at radius 3 is 2.18 bits per heavy atom. The van der Waals surface area contributed by atoms with Gasteiger partial charge in [-0.05, 0) is 66.8 Å². The molecule has 3 rings (SSSR count). The maximum Gasteiger partial charge on any atom is 0.416 e. The van der Waals surface area contributed by atoms with E-state index in [0.29, 0.717) is 23.3 Å². The number of likely N-dealkylation sites (tertiary alicyclic amines) is 1. The molecule has 0 aromatic heterocycles. The van der Waals surface area contributed by atoms with Crippen LogP contribution in [0.25, 0.3) is 0 Å². The van der Waals surface area contributed by atoms with Gasteiger partial charge in [-0.25, -0.2) is 22.4 Å². The van der Waals surface area contributed by atoms with Gasteiger partial charge in [0.05, 0.1) is 22.9 Å². The van der Waals surface area contributed by atoms with Crippen molar-refractivity contribution >= 4 is 22.0 Å². The smallest absolute Gasteiger partial charge is 0.416 e. The maximum absolute atomic E-state index is 13.8. The second-order valence-electron chi connectivity index (χ2n) is 10.6. The summed E-state index contributed by atoms with van der Waals surface area (Å²) < 4.78 is 121. The highest BCUT2D eigenvalue weighted by Gasteiger charge is 2.37. The third-order valence-corrected chi connectivity index (χ3v) is 8.01. The first-order valence-electron chi connectivity index (χ1n) is 13.5. The molecule has 0 spiro atoms. The fourth-order valence-electron chi connectivity index (χ4n) is 4.89. The normalized spacial score (nSPS) is 17.7. The number of hydrogen-bond donors (Lipinski definition) is 2. The summed E-state index contributed by atoms with van der Waals surface area (Å²) in [6.07, 6.45) is -10.2. The average molecular weight is 656 g/mol. The number of urea groups is 1. The lowest BCUT2D eigenvalue weighted by molar-refractivity contribution is -0.143. The lowest BCUT2D eigenvalue weighted by atomic mass is 9.91. The molecule has 2 atom stereocenters. The van der Waals surface area contributed by atoms with Crippen LogP contribution in [-0.2, 0) is 33.3 Å². The summed E-state index contributed by atoms with van der Waals surface area (Å²) in [5.41, 5.74) is -2.13. The summed E-state index contributed by atoms with van der Waals surface area (Å²) in [7, 11) is -3.20. The molecule has 244 valence electrons. The number of amides is 3. The Morgan fingerprint density at radius 1 is 0.977 bits per heavy atom. The van der Waals surface area contributed by atoms with Crippen LogP contribution in [0.4, 0.5) is 40.3 Å². The molecule has 44 heavy (non-hydrogen) atoms.